The fraction of sp³-hybridized carbons (Fsp3) is 0.316. The van der Waals surface area contributed by atoms with Crippen molar-refractivity contribution in [2.45, 2.75) is 16.7 Å². The number of aryl methyl sites for hydroxylation is 1. The highest BCUT2D eigenvalue weighted by molar-refractivity contribution is 7.89. The molecular formula is C19H25N3O6S2. The van der Waals surface area contributed by atoms with Gasteiger partial charge in [0.05, 0.1) is 23.4 Å². The molecule has 0 saturated carbocycles. The fourth-order valence-electron chi connectivity index (χ4n) is 2.51. The first kappa shape index (κ1) is 23.8. The molecule has 11 heteroatoms. The second kappa shape index (κ2) is 9.13. The van der Waals surface area contributed by atoms with Crippen LogP contribution in [0.5, 0.6) is 5.75 Å². The molecule has 0 bridgehead atoms. The third kappa shape index (κ3) is 5.17. The summed E-state index contributed by atoms with van der Waals surface area (Å²) in [5.41, 5.74) is 0.930. The molecule has 2 rings (SSSR count). The van der Waals surface area contributed by atoms with E-state index in [-0.39, 0.29) is 15.5 Å². The maximum absolute atomic E-state index is 12.7. The van der Waals surface area contributed by atoms with Crippen LogP contribution in [0.25, 0.3) is 0 Å². The minimum Gasteiger partial charge on any atom is -0.497 e. The zero-order valence-corrected chi connectivity index (χ0v) is 19.0. The van der Waals surface area contributed by atoms with Gasteiger partial charge in [-0.05, 0) is 48.9 Å². The first-order chi connectivity index (χ1) is 13.9. The molecule has 0 aliphatic carbocycles. The normalized spacial score (nSPS) is 12.2. The molecule has 0 heterocycles. The lowest BCUT2D eigenvalue weighted by molar-refractivity contribution is -0.116. The molecule has 0 aliphatic heterocycles. The lowest BCUT2D eigenvalue weighted by atomic mass is 10.2. The molecular weight excluding hydrogens is 430 g/mol. The van der Waals surface area contributed by atoms with Gasteiger partial charge < -0.3 is 10.1 Å². The van der Waals surface area contributed by atoms with Gasteiger partial charge in [-0.15, -0.1) is 0 Å². The number of benzene rings is 2. The third-order valence-electron chi connectivity index (χ3n) is 4.40. The third-order valence-corrected chi connectivity index (χ3v) is 8.02. The average molecular weight is 456 g/mol. The number of anilines is 1. The van der Waals surface area contributed by atoms with E-state index < -0.39 is 32.5 Å². The Morgan fingerprint density at radius 2 is 1.50 bits per heavy atom. The molecule has 164 valence electrons. The summed E-state index contributed by atoms with van der Waals surface area (Å²) in [6.07, 6.45) is 0. The van der Waals surface area contributed by atoms with E-state index in [0.29, 0.717) is 11.3 Å². The van der Waals surface area contributed by atoms with Gasteiger partial charge in [-0.25, -0.2) is 21.1 Å². The molecule has 0 atom stereocenters. The van der Waals surface area contributed by atoms with Gasteiger partial charge in [-0.1, -0.05) is 6.07 Å². The number of methoxy groups -OCH3 is 1. The quantitative estimate of drug-likeness (QED) is 0.646. The minimum absolute atomic E-state index is 0.0209. The Hall–Kier alpha value is -2.47. The number of carbonyl (C=O) groups is 1. The molecule has 1 N–H and O–H groups in total. The molecule has 2 aromatic carbocycles. The van der Waals surface area contributed by atoms with Gasteiger partial charge >= 0.3 is 0 Å². The van der Waals surface area contributed by atoms with Crippen molar-refractivity contribution in [1.29, 1.82) is 0 Å². The number of likely N-dealkylation sites (N-methyl/N-ethyl adjacent to an activating group) is 1. The highest BCUT2D eigenvalue weighted by Gasteiger charge is 2.24. The van der Waals surface area contributed by atoms with Gasteiger partial charge in [0.1, 0.15) is 5.75 Å². The zero-order chi connectivity index (χ0) is 22.7. The van der Waals surface area contributed by atoms with Crippen LogP contribution in [0.15, 0.2) is 52.3 Å². The Morgan fingerprint density at radius 3 is 2.03 bits per heavy atom. The maximum atomic E-state index is 12.7. The second-order valence-corrected chi connectivity index (χ2v) is 10.9. The minimum atomic E-state index is -3.89. The van der Waals surface area contributed by atoms with Crippen LogP contribution in [-0.4, -0.2) is 66.2 Å². The van der Waals surface area contributed by atoms with Crippen molar-refractivity contribution in [3.63, 3.8) is 0 Å². The van der Waals surface area contributed by atoms with E-state index in [1.54, 1.807) is 13.0 Å². The van der Waals surface area contributed by atoms with Gasteiger partial charge in [0.25, 0.3) is 0 Å². The van der Waals surface area contributed by atoms with Crippen LogP contribution < -0.4 is 10.1 Å². The van der Waals surface area contributed by atoms with Crippen molar-refractivity contribution < 1.29 is 26.4 Å². The number of sulfonamides is 2. The van der Waals surface area contributed by atoms with Crippen molar-refractivity contribution >= 4 is 31.6 Å². The molecule has 2 aromatic rings. The van der Waals surface area contributed by atoms with Crippen molar-refractivity contribution in [1.82, 2.24) is 8.61 Å². The fourth-order valence-corrected chi connectivity index (χ4v) is 4.57. The molecule has 0 radical (unpaired) electrons. The number of amides is 1. The summed E-state index contributed by atoms with van der Waals surface area (Å²) in [6, 6.07) is 10.2. The van der Waals surface area contributed by atoms with Gasteiger partial charge in [0.15, 0.2) is 0 Å². The number of ether oxygens (including phenoxy) is 1. The summed E-state index contributed by atoms with van der Waals surface area (Å²) in [5.74, 6) is -0.0885. The Balaban J connectivity index is 2.18. The number of nitrogens with one attached hydrogen (secondary N) is 1. The number of rotatable bonds is 8. The van der Waals surface area contributed by atoms with E-state index in [1.165, 1.54) is 64.7 Å². The summed E-state index contributed by atoms with van der Waals surface area (Å²) in [7, 11) is -1.98. The molecule has 9 nitrogen and oxygen atoms in total. The lowest BCUT2D eigenvalue weighted by Gasteiger charge is -2.18. The number of nitrogens with zero attached hydrogens (tertiary/aromatic N) is 2. The van der Waals surface area contributed by atoms with Crippen LogP contribution in [0.1, 0.15) is 5.56 Å². The van der Waals surface area contributed by atoms with Gasteiger partial charge in [-0.2, -0.15) is 4.31 Å². The molecule has 1 amide bonds. The molecule has 30 heavy (non-hydrogen) atoms. The van der Waals surface area contributed by atoms with E-state index in [1.807, 2.05) is 0 Å². The maximum Gasteiger partial charge on any atom is 0.243 e. The van der Waals surface area contributed by atoms with E-state index in [0.717, 1.165) is 8.61 Å². The van der Waals surface area contributed by atoms with Crippen molar-refractivity contribution in [2.75, 3.05) is 40.1 Å². The van der Waals surface area contributed by atoms with Crippen molar-refractivity contribution in [3.05, 3.63) is 48.0 Å². The Bertz CT molecular complexity index is 1130. The van der Waals surface area contributed by atoms with Crippen LogP contribution in [-0.2, 0) is 24.8 Å². The zero-order valence-electron chi connectivity index (χ0n) is 17.4. The average Bonchev–Trinajstić information content (AvgIpc) is 2.69. The van der Waals surface area contributed by atoms with Crippen LogP contribution in [0.4, 0.5) is 5.69 Å². The summed E-state index contributed by atoms with van der Waals surface area (Å²) in [5, 5.41) is 2.59. The van der Waals surface area contributed by atoms with Crippen LogP contribution in [0, 0.1) is 6.92 Å². The largest absolute Gasteiger partial charge is 0.497 e. The Labute approximate surface area is 177 Å². The molecule has 0 fully saturated rings. The first-order valence-corrected chi connectivity index (χ1v) is 11.7. The van der Waals surface area contributed by atoms with E-state index in [4.69, 9.17) is 4.74 Å². The first-order valence-electron chi connectivity index (χ1n) is 8.83. The van der Waals surface area contributed by atoms with Gasteiger partial charge in [0.2, 0.25) is 26.0 Å². The summed E-state index contributed by atoms with van der Waals surface area (Å²) in [4.78, 5) is 12.5. The smallest absolute Gasteiger partial charge is 0.243 e. The molecule has 0 aromatic heterocycles. The van der Waals surface area contributed by atoms with Crippen molar-refractivity contribution in [2.24, 2.45) is 0 Å². The number of carbonyl (C=O) groups excluding carboxylic acids is 1. The van der Waals surface area contributed by atoms with Crippen LogP contribution in [0.3, 0.4) is 0 Å². The summed E-state index contributed by atoms with van der Waals surface area (Å²) >= 11 is 0. The summed E-state index contributed by atoms with van der Waals surface area (Å²) in [6.45, 7) is 1.26. The highest BCUT2D eigenvalue weighted by Crippen LogP contribution is 2.22. The molecule has 0 spiro atoms. The molecule has 0 unspecified atom stereocenters. The predicted octanol–water partition coefficient (Wildman–Crippen LogP) is 1.51. The van der Waals surface area contributed by atoms with Gasteiger partial charge in [-0.3, -0.25) is 4.79 Å². The lowest BCUT2D eigenvalue weighted by Crippen LogP contribution is -2.35. The standard InChI is InChI=1S/C19H25N3O6S2/c1-14-6-9-17(29(24,25)21(2)3)12-18(14)20-19(23)13-22(4)30(26,27)16-10-7-15(28-5)8-11-16/h6-12H,13H2,1-5H3,(H,20,23). The number of hydrogen-bond donors (Lipinski definition) is 1. The number of hydrogen-bond acceptors (Lipinski definition) is 6. The van der Waals surface area contributed by atoms with Gasteiger partial charge in [0, 0.05) is 26.8 Å². The van der Waals surface area contributed by atoms with E-state index in [9.17, 15) is 21.6 Å². The summed E-state index contributed by atoms with van der Waals surface area (Å²) < 4.78 is 57.0. The Kier molecular flexibility index (Phi) is 7.24. The Morgan fingerprint density at radius 1 is 0.933 bits per heavy atom. The highest BCUT2D eigenvalue weighted by atomic mass is 32.2. The predicted molar refractivity (Wildman–Crippen MR) is 113 cm³/mol. The van der Waals surface area contributed by atoms with Crippen LogP contribution in [0.2, 0.25) is 0 Å². The monoisotopic (exact) mass is 455 g/mol. The second-order valence-electron chi connectivity index (χ2n) is 6.75. The molecule has 0 saturated heterocycles. The van der Waals surface area contributed by atoms with Crippen molar-refractivity contribution in [3.8, 4) is 5.75 Å². The molecule has 0 aliphatic rings. The SMILES string of the molecule is COc1ccc(S(=O)(=O)N(C)CC(=O)Nc2cc(S(=O)(=O)N(C)C)ccc2C)cc1. The van der Waals surface area contributed by atoms with E-state index >= 15 is 0 Å². The topological polar surface area (TPSA) is 113 Å². The van der Waals surface area contributed by atoms with Crippen LogP contribution >= 0.6 is 0 Å². The van der Waals surface area contributed by atoms with E-state index in [2.05, 4.69) is 5.32 Å².